The second-order valence-electron chi connectivity index (χ2n) is 7.90. The number of phenols is 1. The van der Waals surface area contributed by atoms with Gasteiger partial charge in [0.1, 0.15) is 16.8 Å². The van der Waals surface area contributed by atoms with E-state index in [2.05, 4.69) is 0 Å². The number of aromatic hydroxyl groups is 1. The summed E-state index contributed by atoms with van der Waals surface area (Å²) in [5.41, 5.74) is 2.94. The van der Waals surface area contributed by atoms with Crippen LogP contribution >= 0.6 is 0 Å². The predicted octanol–water partition coefficient (Wildman–Crippen LogP) is 4.61. The minimum absolute atomic E-state index is 0.0885. The van der Waals surface area contributed by atoms with Crippen molar-refractivity contribution < 1.29 is 23.0 Å². The average Bonchev–Trinajstić information content (AvgIpc) is 2.74. The van der Waals surface area contributed by atoms with Crippen LogP contribution in [0, 0.1) is 12.7 Å². The van der Waals surface area contributed by atoms with E-state index < -0.39 is 33.2 Å². The quantitative estimate of drug-likeness (QED) is 0.585. The summed E-state index contributed by atoms with van der Waals surface area (Å²) < 4.78 is 41.0. The zero-order valence-corrected chi connectivity index (χ0v) is 17.8. The fourth-order valence-electron chi connectivity index (χ4n) is 4.06. The van der Waals surface area contributed by atoms with Crippen molar-refractivity contribution >= 4 is 15.7 Å². The van der Waals surface area contributed by atoms with E-state index in [1.165, 1.54) is 40.7 Å². The van der Waals surface area contributed by atoms with E-state index >= 15 is 0 Å². The van der Waals surface area contributed by atoms with Gasteiger partial charge in [-0.05, 0) is 67.3 Å². The first-order valence-electron chi connectivity index (χ1n) is 10.1. The van der Waals surface area contributed by atoms with Crippen LogP contribution in [0.2, 0.25) is 0 Å². The Morgan fingerprint density at radius 3 is 2.19 bits per heavy atom. The number of hydrogen-bond acceptors (Lipinski definition) is 4. The van der Waals surface area contributed by atoms with Crippen molar-refractivity contribution in [3.8, 4) is 5.75 Å². The van der Waals surface area contributed by atoms with Crippen molar-refractivity contribution in [3.63, 3.8) is 0 Å². The maximum atomic E-state index is 13.4. The van der Waals surface area contributed by atoms with Crippen LogP contribution in [0.1, 0.15) is 41.7 Å². The highest BCUT2D eigenvalue weighted by Crippen LogP contribution is 2.48. The lowest BCUT2D eigenvalue weighted by Crippen LogP contribution is -2.58. The van der Waals surface area contributed by atoms with Crippen LogP contribution in [0.25, 0.3) is 0 Å². The molecule has 3 unspecified atom stereocenters. The Labute approximate surface area is 181 Å². The van der Waals surface area contributed by atoms with Gasteiger partial charge in [-0.25, -0.2) is 12.8 Å². The lowest BCUT2D eigenvalue weighted by molar-refractivity contribution is 0.162. The molecule has 3 aromatic carbocycles. The van der Waals surface area contributed by atoms with Crippen molar-refractivity contribution in [3.05, 3.63) is 95.3 Å². The number of halogens is 1. The highest BCUT2D eigenvalue weighted by Gasteiger charge is 2.54. The van der Waals surface area contributed by atoms with Crippen molar-refractivity contribution in [2.75, 3.05) is 4.31 Å². The van der Waals surface area contributed by atoms with Crippen molar-refractivity contribution in [2.45, 2.75) is 37.2 Å². The molecule has 7 heteroatoms. The van der Waals surface area contributed by atoms with Gasteiger partial charge < -0.3 is 10.2 Å². The first kappa shape index (κ1) is 21.3. The number of sulfonamides is 1. The first-order chi connectivity index (χ1) is 14.8. The van der Waals surface area contributed by atoms with Crippen LogP contribution in [0.4, 0.5) is 10.1 Å². The Morgan fingerprint density at radius 1 is 0.968 bits per heavy atom. The third-order valence-electron chi connectivity index (χ3n) is 5.76. The average molecular weight is 442 g/mol. The van der Waals surface area contributed by atoms with Gasteiger partial charge in [-0.15, -0.1) is 0 Å². The number of aliphatic hydroxyl groups excluding tert-OH is 1. The second kappa shape index (κ2) is 8.32. The third-order valence-corrected chi connectivity index (χ3v) is 8.01. The number of anilines is 1. The fourth-order valence-corrected chi connectivity index (χ4v) is 6.19. The third kappa shape index (κ3) is 4.16. The molecule has 162 valence electrons. The molecule has 1 saturated heterocycles. The van der Waals surface area contributed by atoms with Gasteiger partial charge in [0.2, 0.25) is 10.0 Å². The molecule has 0 radical (unpaired) electrons. The molecule has 2 N–H and O–H groups in total. The molecule has 3 atom stereocenters. The molecule has 0 aliphatic carbocycles. The molecule has 0 saturated carbocycles. The number of aryl methyl sites for hydroxylation is 1. The predicted molar refractivity (Wildman–Crippen MR) is 118 cm³/mol. The number of benzene rings is 3. The molecule has 3 aromatic rings. The summed E-state index contributed by atoms with van der Waals surface area (Å²) in [5.74, 6) is -0.355. The summed E-state index contributed by atoms with van der Waals surface area (Å²) in [6.07, 6.45) is -0.212. The maximum Gasteiger partial charge on any atom is 0.241 e. The summed E-state index contributed by atoms with van der Waals surface area (Å²) in [7, 11) is -3.68. The Morgan fingerprint density at radius 2 is 1.58 bits per heavy atom. The van der Waals surface area contributed by atoms with E-state index in [4.69, 9.17) is 0 Å². The molecule has 4 rings (SSSR count). The molecule has 5 nitrogen and oxygen atoms in total. The smallest absolute Gasteiger partial charge is 0.241 e. The van der Waals surface area contributed by atoms with E-state index in [1.807, 2.05) is 31.2 Å². The molecule has 0 aromatic heterocycles. The van der Waals surface area contributed by atoms with E-state index in [-0.39, 0.29) is 12.2 Å². The lowest BCUT2D eigenvalue weighted by atomic mass is 9.96. The van der Waals surface area contributed by atoms with Crippen LogP contribution < -0.4 is 4.31 Å². The van der Waals surface area contributed by atoms with Gasteiger partial charge in [-0.3, -0.25) is 4.31 Å². The molecule has 0 amide bonds. The van der Waals surface area contributed by atoms with Crippen molar-refractivity contribution in [1.29, 1.82) is 0 Å². The van der Waals surface area contributed by atoms with E-state index in [1.54, 1.807) is 12.1 Å². The van der Waals surface area contributed by atoms with Gasteiger partial charge in [0.05, 0.1) is 17.8 Å². The van der Waals surface area contributed by atoms with E-state index in [9.17, 15) is 23.0 Å². The number of nitrogens with zero attached hydrogens (tertiary/aromatic N) is 1. The van der Waals surface area contributed by atoms with Gasteiger partial charge >= 0.3 is 0 Å². The molecule has 1 heterocycles. The highest BCUT2D eigenvalue weighted by molar-refractivity contribution is 7.95. The van der Waals surface area contributed by atoms with Crippen molar-refractivity contribution in [1.82, 2.24) is 0 Å². The highest BCUT2D eigenvalue weighted by atomic mass is 32.2. The van der Waals surface area contributed by atoms with Crippen LogP contribution in [-0.2, 0) is 10.0 Å². The zero-order chi connectivity index (χ0) is 22.2. The number of hydrogen-bond donors (Lipinski definition) is 2. The lowest BCUT2D eigenvalue weighted by Gasteiger charge is -2.48. The Bertz CT molecular complexity index is 1150. The summed E-state index contributed by atoms with van der Waals surface area (Å²) in [6.45, 7) is 1.96. The number of phenolic OH excluding ortho intramolecular Hbond substituents is 1. The van der Waals surface area contributed by atoms with E-state index in [0.717, 1.165) is 16.7 Å². The van der Waals surface area contributed by atoms with Gasteiger partial charge in [-0.2, -0.15) is 0 Å². The van der Waals surface area contributed by atoms with Crippen LogP contribution in [0.15, 0.2) is 72.8 Å². The summed E-state index contributed by atoms with van der Waals surface area (Å²) >= 11 is 0. The van der Waals surface area contributed by atoms with Crippen molar-refractivity contribution in [2.24, 2.45) is 0 Å². The monoisotopic (exact) mass is 441 g/mol. The fraction of sp³-hybridized carbons (Fsp3) is 0.250. The van der Waals surface area contributed by atoms with Crippen LogP contribution in [0.3, 0.4) is 0 Å². The normalized spacial score (nSPS) is 20.8. The standard InChI is InChI=1S/C24H24FNO4S/c1-16-2-4-17(5-3-16)22(28)14-15-23-24(18-6-12-21(27)13-7-18)26(31(23,29)30)20-10-8-19(25)9-11-20/h2-13,22-24,27-28H,14-15H2,1H3. The molecule has 1 aliphatic rings. The van der Waals surface area contributed by atoms with Gasteiger partial charge in [0, 0.05) is 0 Å². The first-order valence-corrected chi connectivity index (χ1v) is 11.6. The molecule has 0 bridgehead atoms. The summed E-state index contributed by atoms with van der Waals surface area (Å²) in [4.78, 5) is 0. The number of aliphatic hydroxyl groups is 1. The molecule has 1 aliphatic heterocycles. The van der Waals surface area contributed by atoms with E-state index in [0.29, 0.717) is 12.1 Å². The maximum absolute atomic E-state index is 13.4. The molecule has 1 fully saturated rings. The minimum atomic E-state index is -3.68. The largest absolute Gasteiger partial charge is 0.508 e. The Hall–Kier alpha value is -2.90. The molecule has 31 heavy (non-hydrogen) atoms. The number of rotatable bonds is 6. The minimum Gasteiger partial charge on any atom is -0.508 e. The van der Waals surface area contributed by atoms with Gasteiger partial charge in [0.25, 0.3) is 0 Å². The van der Waals surface area contributed by atoms with Gasteiger partial charge in [0.15, 0.2) is 0 Å². The second-order valence-corrected chi connectivity index (χ2v) is 9.92. The molecular weight excluding hydrogens is 417 g/mol. The molecule has 0 spiro atoms. The SMILES string of the molecule is Cc1ccc(C(O)CCC2C(c3ccc(O)cc3)N(c3ccc(F)cc3)S2(=O)=O)cc1. The van der Waals surface area contributed by atoms with Crippen LogP contribution in [-0.4, -0.2) is 23.9 Å². The molecular formula is C24H24FNO4S. The van der Waals surface area contributed by atoms with Crippen LogP contribution in [0.5, 0.6) is 5.75 Å². The summed E-state index contributed by atoms with van der Waals surface area (Å²) in [5, 5.41) is 19.5. The Kier molecular flexibility index (Phi) is 5.73. The zero-order valence-electron chi connectivity index (χ0n) is 17.0. The topological polar surface area (TPSA) is 77.8 Å². The van der Waals surface area contributed by atoms with Gasteiger partial charge in [-0.1, -0.05) is 42.0 Å². The summed E-state index contributed by atoms with van der Waals surface area (Å²) in [6, 6.07) is 18.8. The Balaban J connectivity index is 1.61.